The minimum Gasteiger partial charge on any atom is -0.466 e. The summed E-state index contributed by atoms with van der Waals surface area (Å²) >= 11 is 0. The van der Waals surface area contributed by atoms with Crippen LogP contribution in [0, 0.1) is 11.8 Å². The van der Waals surface area contributed by atoms with Gasteiger partial charge in [-0.05, 0) is 18.8 Å². The van der Waals surface area contributed by atoms with Crippen LogP contribution < -0.4 is 0 Å². The number of carbonyl (C=O) groups is 1. The predicted molar refractivity (Wildman–Crippen MR) is 45.5 cm³/mol. The van der Waals surface area contributed by atoms with Crippen molar-refractivity contribution in [2.24, 2.45) is 11.8 Å². The molecule has 0 aromatic carbocycles. The zero-order chi connectivity index (χ0) is 8.55. The summed E-state index contributed by atoms with van der Waals surface area (Å²) < 4.78 is 4.70. The molecule has 0 radical (unpaired) electrons. The summed E-state index contributed by atoms with van der Waals surface area (Å²) in [6.45, 7) is 0. The van der Waals surface area contributed by atoms with Crippen LogP contribution >= 0.6 is 0 Å². The summed E-state index contributed by atoms with van der Waals surface area (Å²) in [5.41, 5.74) is 0.850. The Balaban J connectivity index is 2.21. The Kier molecular flexibility index (Phi) is 1.75. The molecule has 0 spiro atoms. The van der Waals surface area contributed by atoms with E-state index in [4.69, 9.17) is 4.74 Å². The fraction of sp³-hybridized carbons (Fsp3) is 0.500. The van der Waals surface area contributed by atoms with Crippen LogP contribution in [0.5, 0.6) is 0 Å². The van der Waals surface area contributed by atoms with Crippen LogP contribution in [0.3, 0.4) is 0 Å². The van der Waals surface area contributed by atoms with Crippen molar-refractivity contribution in [2.75, 3.05) is 7.11 Å². The fourth-order valence-electron chi connectivity index (χ4n) is 1.96. The van der Waals surface area contributed by atoms with Crippen LogP contribution in [0.2, 0.25) is 0 Å². The molecular weight excluding hydrogens is 152 g/mol. The van der Waals surface area contributed by atoms with Gasteiger partial charge in [0, 0.05) is 11.5 Å². The van der Waals surface area contributed by atoms with E-state index in [1.165, 1.54) is 7.11 Å². The summed E-state index contributed by atoms with van der Waals surface area (Å²) in [6.07, 6.45) is 8.44. The van der Waals surface area contributed by atoms with Crippen molar-refractivity contribution in [3.63, 3.8) is 0 Å². The molecular formula is C10H12O2. The van der Waals surface area contributed by atoms with Crippen molar-refractivity contribution in [1.82, 2.24) is 0 Å². The number of ether oxygens (including phenoxy) is 1. The normalized spacial score (nSPS) is 31.6. The lowest BCUT2D eigenvalue weighted by Gasteiger charge is -2.18. The van der Waals surface area contributed by atoms with Crippen molar-refractivity contribution in [3.8, 4) is 0 Å². The standard InChI is InChI=1S/C10H12O2/c1-12-10(11)9-5-3-7-2-4-8(9)6-7/h2,4-5,7-8H,3,6H2,1H3/t7?,8-/m1/s1. The van der Waals surface area contributed by atoms with E-state index in [0.717, 1.165) is 18.4 Å². The third-order valence-corrected chi connectivity index (χ3v) is 2.63. The van der Waals surface area contributed by atoms with Gasteiger partial charge in [0.15, 0.2) is 0 Å². The molecule has 0 heterocycles. The molecule has 64 valence electrons. The monoisotopic (exact) mass is 164 g/mol. The highest BCUT2D eigenvalue weighted by Gasteiger charge is 2.29. The Labute approximate surface area is 71.9 Å². The average molecular weight is 164 g/mol. The molecule has 2 aliphatic carbocycles. The second-order valence-corrected chi connectivity index (χ2v) is 3.37. The lowest BCUT2D eigenvalue weighted by atomic mass is 9.87. The molecule has 0 aliphatic heterocycles. The lowest BCUT2D eigenvalue weighted by molar-refractivity contribution is -0.136. The van der Waals surface area contributed by atoms with Gasteiger partial charge in [0.05, 0.1) is 7.11 Å². The van der Waals surface area contributed by atoms with E-state index in [1.807, 2.05) is 6.08 Å². The first-order valence-corrected chi connectivity index (χ1v) is 4.28. The van der Waals surface area contributed by atoms with Gasteiger partial charge in [0.1, 0.15) is 0 Å². The summed E-state index contributed by atoms with van der Waals surface area (Å²) in [5.74, 6) is 0.838. The number of rotatable bonds is 1. The van der Waals surface area contributed by atoms with Crippen molar-refractivity contribution < 1.29 is 9.53 Å². The summed E-state index contributed by atoms with van der Waals surface area (Å²) in [4.78, 5) is 11.2. The first-order valence-electron chi connectivity index (χ1n) is 4.28. The third kappa shape index (κ3) is 1.07. The molecule has 12 heavy (non-hydrogen) atoms. The number of methoxy groups -OCH3 is 1. The van der Waals surface area contributed by atoms with Crippen molar-refractivity contribution >= 4 is 5.97 Å². The van der Waals surface area contributed by atoms with Crippen LogP contribution in [-0.4, -0.2) is 13.1 Å². The molecule has 2 heteroatoms. The van der Waals surface area contributed by atoms with Gasteiger partial charge in [-0.2, -0.15) is 0 Å². The zero-order valence-corrected chi connectivity index (χ0v) is 7.12. The van der Waals surface area contributed by atoms with Crippen LogP contribution in [0.1, 0.15) is 12.8 Å². The van der Waals surface area contributed by atoms with Gasteiger partial charge < -0.3 is 4.74 Å². The van der Waals surface area contributed by atoms with Crippen molar-refractivity contribution in [2.45, 2.75) is 12.8 Å². The summed E-state index contributed by atoms with van der Waals surface area (Å²) in [7, 11) is 1.44. The molecule has 0 fully saturated rings. The largest absolute Gasteiger partial charge is 0.466 e. The highest BCUT2D eigenvalue weighted by Crippen LogP contribution is 2.36. The van der Waals surface area contributed by atoms with Crippen molar-refractivity contribution in [1.29, 1.82) is 0 Å². The Bertz CT molecular complexity index is 263. The maximum Gasteiger partial charge on any atom is 0.334 e. The first-order chi connectivity index (χ1) is 5.81. The van der Waals surface area contributed by atoms with E-state index < -0.39 is 0 Å². The van der Waals surface area contributed by atoms with E-state index in [1.54, 1.807) is 0 Å². The number of allylic oxidation sites excluding steroid dienone is 3. The van der Waals surface area contributed by atoms with Crippen LogP contribution in [0.25, 0.3) is 0 Å². The maximum absolute atomic E-state index is 11.2. The van der Waals surface area contributed by atoms with Crippen molar-refractivity contribution in [3.05, 3.63) is 23.8 Å². The van der Waals surface area contributed by atoms with Gasteiger partial charge >= 0.3 is 5.97 Å². The second kappa shape index (κ2) is 2.77. The number of fused-ring (bicyclic) bond motifs is 2. The van der Waals surface area contributed by atoms with Gasteiger partial charge in [0.2, 0.25) is 0 Å². The van der Waals surface area contributed by atoms with Gasteiger partial charge in [-0.15, -0.1) is 0 Å². The fourth-order valence-corrected chi connectivity index (χ4v) is 1.96. The summed E-state index contributed by atoms with van der Waals surface area (Å²) in [5, 5.41) is 0. The molecule has 2 nitrogen and oxygen atoms in total. The predicted octanol–water partition coefficient (Wildman–Crippen LogP) is 1.68. The molecule has 2 bridgehead atoms. The minimum atomic E-state index is -0.162. The molecule has 0 aromatic rings. The van der Waals surface area contributed by atoms with Crippen LogP contribution in [-0.2, 0) is 9.53 Å². The maximum atomic E-state index is 11.2. The molecule has 2 atom stereocenters. The molecule has 0 aromatic heterocycles. The zero-order valence-electron chi connectivity index (χ0n) is 7.12. The van der Waals surface area contributed by atoms with Gasteiger partial charge in [-0.3, -0.25) is 0 Å². The molecule has 1 unspecified atom stereocenters. The molecule has 2 aliphatic rings. The smallest absolute Gasteiger partial charge is 0.334 e. The van der Waals surface area contributed by atoms with Gasteiger partial charge in [0.25, 0.3) is 0 Å². The van der Waals surface area contributed by atoms with E-state index in [9.17, 15) is 4.79 Å². The number of carbonyl (C=O) groups excluding carboxylic acids is 1. The number of hydrogen-bond donors (Lipinski definition) is 0. The molecule has 2 rings (SSSR count). The van der Waals surface area contributed by atoms with Crippen LogP contribution in [0.15, 0.2) is 23.8 Å². The van der Waals surface area contributed by atoms with Gasteiger partial charge in [-0.25, -0.2) is 4.79 Å². The Morgan fingerprint density at radius 2 is 2.42 bits per heavy atom. The topological polar surface area (TPSA) is 26.3 Å². The average Bonchev–Trinajstić information content (AvgIpc) is 2.47. The third-order valence-electron chi connectivity index (χ3n) is 2.63. The first kappa shape index (κ1) is 7.59. The second-order valence-electron chi connectivity index (χ2n) is 3.37. The van der Waals surface area contributed by atoms with E-state index in [0.29, 0.717) is 11.8 Å². The highest BCUT2D eigenvalue weighted by atomic mass is 16.5. The van der Waals surface area contributed by atoms with E-state index in [2.05, 4.69) is 12.2 Å². The Morgan fingerprint density at radius 3 is 3.17 bits per heavy atom. The SMILES string of the molecule is COC(=O)C1=CCC2C=C[C@@H]1C2. The quantitative estimate of drug-likeness (QED) is 0.435. The van der Waals surface area contributed by atoms with E-state index >= 15 is 0 Å². The lowest BCUT2D eigenvalue weighted by Crippen LogP contribution is -2.16. The van der Waals surface area contributed by atoms with E-state index in [-0.39, 0.29) is 5.97 Å². The number of esters is 1. The van der Waals surface area contributed by atoms with Crippen LogP contribution in [0.4, 0.5) is 0 Å². The highest BCUT2D eigenvalue weighted by molar-refractivity contribution is 5.89. The molecule has 0 amide bonds. The molecule has 0 saturated heterocycles. The minimum absolute atomic E-state index is 0.162. The van der Waals surface area contributed by atoms with Gasteiger partial charge in [-0.1, -0.05) is 18.2 Å². The molecule has 0 saturated carbocycles. The summed E-state index contributed by atoms with van der Waals surface area (Å²) in [6, 6.07) is 0. The molecule has 0 N–H and O–H groups in total. The Hall–Kier alpha value is -1.05. The Morgan fingerprint density at radius 1 is 1.58 bits per heavy atom. The number of hydrogen-bond acceptors (Lipinski definition) is 2.